The van der Waals surface area contributed by atoms with E-state index in [1.807, 2.05) is 30.3 Å². The lowest BCUT2D eigenvalue weighted by Gasteiger charge is -2.21. The molecule has 148 valence electrons. The number of benzene rings is 2. The van der Waals surface area contributed by atoms with Crippen molar-refractivity contribution in [3.05, 3.63) is 65.7 Å². The molecule has 5 nitrogen and oxygen atoms in total. The van der Waals surface area contributed by atoms with Crippen LogP contribution in [-0.4, -0.2) is 29.6 Å². The monoisotopic (exact) mass is 392 g/mol. The van der Waals surface area contributed by atoms with E-state index in [1.165, 1.54) is 12.1 Å². The van der Waals surface area contributed by atoms with Gasteiger partial charge in [0.2, 0.25) is 11.8 Å². The maximum atomic E-state index is 12.8. The average molecular weight is 392 g/mol. The van der Waals surface area contributed by atoms with Crippen molar-refractivity contribution in [1.29, 1.82) is 0 Å². The standard InChI is InChI=1S/C20H19F3N2O3/c21-20(22,23)14-7-4-8-15(11-14)24-17(27)16(12-26)25-18(28)19(9-10-19)13-5-2-1-3-6-13/h1-8,11,16,26H,9-10,12H2,(H,24,27)(H,25,28). The van der Waals surface area contributed by atoms with Gasteiger partial charge in [0.1, 0.15) is 6.04 Å². The van der Waals surface area contributed by atoms with Crippen LogP contribution in [0.5, 0.6) is 0 Å². The highest BCUT2D eigenvalue weighted by atomic mass is 19.4. The highest BCUT2D eigenvalue weighted by Crippen LogP contribution is 2.48. The van der Waals surface area contributed by atoms with Crippen molar-refractivity contribution in [2.75, 3.05) is 11.9 Å². The first-order valence-electron chi connectivity index (χ1n) is 8.72. The molecule has 1 atom stereocenters. The number of anilines is 1. The van der Waals surface area contributed by atoms with E-state index < -0.39 is 41.6 Å². The molecular weight excluding hydrogens is 373 g/mol. The third-order valence-corrected chi connectivity index (χ3v) is 4.77. The van der Waals surface area contributed by atoms with Crippen LogP contribution >= 0.6 is 0 Å². The van der Waals surface area contributed by atoms with Crippen LogP contribution in [0.2, 0.25) is 0 Å². The van der Waals surface area contributed by atoms with Crippen molar-refractivity contribution in [2.24, 2.45) is 0 Å². The van der Waals surface area contributed by atoms with Crippen LogP contribution in [0.4, 0.5) is 18.9 Å². The van der Waals surface area contributed by atoms with Crippen LogP contribution in [0.25, 0.3) is 0 Å². The lowest BCUT2D eigenvalue weighted by molar-refractivity contribution is -0.137. The molecule has 28 heavy (non-hydrogen) atoms. The van der Waals surface area contributed by atoms with Crippen molar-refractivity contribution in [3.8, 4) is 0 Å². The Morgan fingerprint density at radius 1 is 1.07 bits per heavy atom. The fourth-order valence-electron chi connectivity index (χ4n) is 3.02. The minimum atomic E-state index is -4.54. The Morgan fingerprint density at radius 3 is 2.32 bits per heavy atom. The van der Waals surface area contributed by atoms with Gasteiger partial charge < -0.3 is 15.7 Å². The summed E-state index contributed by atoms with van der Waals surface area (Å²) in [6.45, 7) is -0.679. The van der Waals surface area contributed by atoms with E-state index in [4.69, 9.17) is 0 Å². The predicted octanol–water partition coefficient (Wildman–Crippen LogP) is 2.85. The first-order valence-corrected chi connectivity index (χ1v) is 8.72. The van der Waals surface area contributed by atoms with Crippen molar-refractivity contribution in [1.82, 2.24) is 5.32 Å². The summed E-state index contributed by atoms with van der Waals surface area (Å²) in [5.74, 6) is -1.18. The summed E-state index contributed by atoms with van der Waals surface area (Å²) >= 11 is 0. The number of nitrogens with one attached hydrogen (secondary N) is 2. The molecule has 0 saturated heterocycles. The van der Waals surface area contributed by atoms with E-state index in [1.54, 1.807) is 0 Å². The van der Waals surface area contributed by atoms with Gasteiger partial charge in [-0.1, -0.05) is 36.4 Å². The van der Waals surface area contributed by atoms with Gasteiger partial charge in [0.05, 0.1) is 17.6 Å². The van der Waals surface area contributed by atoms with E-state index in [9.17, 15) is 27.9 Å². The number of hydrogen-bond acceptors (Lipinski definition) is 3. The third-order valence-electron chi connectivity index (χ3n) is 4.77. The second kappa shape index (κ2) is 7.63. The van der Waals surface area contributed by atoms with Gasteiger partial charge in [0.25, 0.3) is 0 Å². The summed E-state index contributed by atoms with van der Waals surface area (Å²) in [4.78, 5) is 25.0. The number of alkyl halides is 3. The zero-order valence-electron chi connectivity index (χ0n) is 14.8. The maximum absolute atomic E-state index is 12.8. The molecule has 1 fully saturated rings. The van der Waals surface area contributed by atoms with Crippen molar-refractivity contribution < 1.29 is 27.9 Å². The summed E-state index contributed by atoms with van der Waals surface area (Å²) in [6.07, 6.45) is -3.30. The topological polar surface area (TPSA) is 78.4 Å². The average Bonchev–Trinajstić information content (AvgIpc) is 3.48. The molecule has 1 unspecified atom stereocenters. The smallest absolute Gasteiger partial charge is 0.394 e. The molecular formula is C20H19F3N2O3. The van der Waals surface area contributed by atoms with Crippen LogP contribution in [-0.2, 0) is 21.2 Å². The molecule has 2 aromatic carbocycles. The quantitative estimate of drug-likeness (QED) is 0.708. The van der Waals surface area contributed by atoms with Crippen molar-refractivity contribution in [2.45, 2.75) is 30.5 Å². The fourth-order valence-corrected chi connectivity index (χ4v) is 3.02. The largest absolute Gasteiger partial charge is 0.416 e. The summed E-state index contributed by atoms with van der Waals surface area (Å²) in [7, 11) is 0. The van der Waals surface area contributed by atoms with Gasteiger partial charge in [-0.3, -0.25) is 9.59 Å². The van der Waals surface area contributed by atoms with Crippen LogP contribution in [0.15, 0.2) is 54.6 Å². The van der Waals surface area contributed by atoms with Gasteiger partial charge in [-0.2, -0.15) is 13.2 Å². The fraction of sp³-hybridized carbons (Fsp3) is 0.300. The molecule has 0 aromatic heterocycles. The number of aliphatic hydroxyl groups is 1. The minimum absolute atomic E-state index is 0.0725. The Morgan fingerprint density at radius 2 is 1.75 bits per heavy atom. The highest BCUT2D eigenvalue weighted by molar-refractivity contribution is 6.00. The Hall–Kier alpha value is -2.87. The molecule has 0 heterocycles. The Kier molecular flexibility index (Phi) is 5.42. The summed E-state index contributed by atoms with van der Waals surface area (Å²) in [6, 6.07) is 12.0. The summed E-state index contributed by atoms with van der Waals surface area (Å²) < 4.78 is 38.4. The Labute approximate surface area is 159 Å². The predicted molar refractivity (Wildman–Crippen MR) is 96.4 cm³/mol. The molecule has 0 radical (unpaired) electrons. The van der Waals surface area contributed by atoms with Crippen LogP contribution in [0.1, 0.15) is 24.0 Å². The number of aliphatic hydroxyl groups excluding tert-OH is 1. The van der Waals surface area contributed by atoms with E-state index in [0.29, 0.717) is 12.8 Å². The van der Waals surface area contributed by atoms with E-state index >= 15 is 0 Å². The molecule has 2 aromatic rings. The molecule has 2 amide bonds. The van der Waals surface area contributed by atoms with E-state index in [-0.39, 0.29) is 5.69 Å². The van der Waals surface area contributed by atoms with Gasteiger partial charge in [-0.05, 0) is 36.6 Å². The lowest BCUT2D eigenvalue weighted by atomic mass is 9.94. The summed E-state index contributed by atoms with van der Waals surface area (Å²) in [5, 5.41) is 14.3. The molecule has 0 bridgehead atoms. The number of halogens is 3. The zero-order valence-corrected chi connectivity index (χ0v) is 14.8. The van der Waals surface area contributed by atoms with Crippen molar-refractivity contribution >= 4 is 17.5 Å². The summed E-state index contributed by atoms with van der Waals surface area (Å²) in [5.41, 5.74) is -0.888. The number of carbonyl (C=O) groups excluding carboxylic acids is 2. The second-order valence-corrected chi connectivity index (χ2v) is 6.72. The first kappa shape index (κ1) is 19.9. The molecule has 8 heteroatoms. The molecule has 1 aliphatic rings. The number of carbonyl (C=O) groups is 2. The van der Waals surface area contributed by atoms with Gasteiger partial charge >= 0.3 is 6.18 Å². The van der Waals surface area contributed by atoms with Crippen LogP contribution in [0, 0.1) is 0 Å². The Balaban J connectivity index is 1.69. The second-order valence-electron chi connectivity index (χ2n) is 6.72. The molecule has 1 saturated carbocycles. The highest BCUT2D eigenvalue weighted by Gasteiger charge is 2.51. The van der Waals surface area contributed by atoms with Crippen LogP contribution < -0.4 is 10.6 Å². The third kappa shape index (κ3) is 4.17. The molecule has 1 aliphatic carbocycles. The number of amides is 2. The van der Waals surface area contributed by atoms with Crippen LogP contribution in [0.3, 0.4) is 0 Å². The van der Waals surface area contributed by atoms with E-state index in [0.717, 1.165) is 17.7 Å². The van der Waals surface area contributed by atoms with Crippen molar-refractivity contribution in [3.63, 3.8) is 0 Å². The zero-order chi connectivity index (χ0) is 20.4. The maximum Gasteiger partial charge on any atom is 0.416 e. The SMILES string of the molecule is O=C(Nc1cccc(C(F)(F)F)c1)C(CO)NC(=O)C1(c2ccccc2)CC1. The molecule has 3 rings (SSSR count). The Bertz CT molecular complexity index is 864. The van der Waals surface area contributed by atoms with E-state index in [2.05, 4.69) is 10.6 Å². The molecule has 0 spiro atoms. The molecule has 3 N–H and O–H groups in total. The number of hydrogen-bond donors (Lipinski definition) is 3. The van der Waals surface area contributed by atoms with Gasteiger partial charge in [0, 0.05) is 5.69 Å². The number of rotatable bonds is 6. The lowest BCUT2D eigenvalue weighted by Crippen LogP contribution is -2.49. The first-order chi connectivity index (χ1) is 13.3. The van der Waals surface area contributed by atoms with Gasteiger partial charge in [0.15, 0.2) is 0 Å². The minimum Gasteiger partial charge on any atom is -0.394 e. The molecule has 0 aliphatic heterocycles. The van der Waals surface area contributed by atoms with Gasteiger partial charge in [-0.25, -0.2) is 0 Å². The van der Waals surface area contributed by atoms with Gasteiger partial charge in [-0.15, -0.1) is 0 Å². The normalized spacial score (nSPS) is 16.1.